The molecule has 3 amide bonds. The third-order valence-electron chi connectivity index (χ3n) is 3.79. The highest BCUT2D eigenvalue weighted by Crippen LogP contribution is 2.31. The Labute approximate surface area is 130 Å². The molecule has 2 aromatic carbocycles. The van der Waals surface area contributed by atoms with Crippen LogP contribution in [-0.4, -0.2) is 39.7 Å². The van der Waals surface area contributed by atoms with E-state index in [1.54, 1.807) is 24.3 Å². The highest BCUT2D eigenvalue weighted by atomic mass is 16.4. The summed E-state index contributed by atoms with van der Waals surface area (Å²) in [6.45, 7) is 0. The fourth-order valence-electron chi connectivity index (χ4n) is 2.81. The number of aliphatic carboxylic acids is 1. The van der Waals surface area contributed by atoms with E-state index in [4.69, 9.17) is 5.73 Å². The molecule has 116 valence electrons. The number of benzene rings is 2. The minimum atomic E-state index is -1.63. The van der Waals surface area contributed by atoms with Gasteiger partial charge in [0.25, 0.3) is 11.8 Å². The van der Waals surface area contributed by atoms with Crippen molar-refractivity contribution in [3.8, 4) is 0 Å². The first kappa shape index (κ1) is 14.7. The summed E-state index contributed by atoms with van der Waals surface area (Å²) in [4.78, 5) is 48.4. The first-order valence-electron chi connectivity index (χ1n) is 6.82. The van der Waals surface area contributed by atoms with Crippen molar-refractivity contribution >= 4 is 34.5 Å². The van der Waals surface area contributed by atoms with Crippen molar-refractivity contribution in [1.82, 2.24) is 4.90 Å². The van der Waals surface area contributed by atoms with Gasteiger partial charge in [-0.3, -0.25) is 19.3 Å². The van der Waals surface area contributed by atoms with Crippen LogP contribution in [0.25, 0.3) is 10.8 Å². The molecule has 3 N–H and O–H groups in total. The van der Waals surface area contributed by atoms with Crippen LogP contribution >= 0.6 is 0 Å². The number of imide groups is 1. The first-order valence-corrected chi connectivity index (χ1v) is 6.82. The van der Waals surface area contributed by atoms with Gasteiger partial charge in [0, 0.05) is 16.5 Å². The fourth-order valence-corrected chi connectivity index (χ4v) is 2.81. The molecular weight excluding hydrogens is 300 g/mol. The van der Waals surface area contributed by atoms with E-state index in [0.717, 1.165) is 0 Å². The summed E-state index contributed by atoms with van der Waals surface area (Å²) >= 11 is 0. The number of hydrogen-bond acceptors (Lipinski definition) is 4. The summed E-state index contributed by atoms with van der Waals surface area (Å²) in [5.41, 5.74) is 5.51. The Bertz CT molecular complexity index is 823. The quantitative estimate of drug-likeness (QED) is 0.808. The fraction of sp³-hybridized carbons (Fsp3) is 0.125. The molecule has 2 aromatic rings. The molecule has 0 radical (unpaired) electrons. The minimum Gasteiger partial charge on any atom is -0.480 e. The molecule has 0 aromatic heterocycles. The smallest absolute Gasteiger partial charge is 0.327 e. The van der Waals surface area contributed by atoms with Crippen molar-refractivity contribution in [2.45, 2.75) is 12.5 Å². The molecule has 1 atom stereocenters. The molecule has 1 aliphatic heterocycles. The molecule has 7 heteroatoms. The number of primary amides is 1. The number of nitrogens with two attached hydrogens (primary N) is 1. The lowest BCUT2D eigenvalue weighted by atomic mass is 9.92. The van der Waals surface area contributed by atoms with Crippen molar-refractivity contribution in [3.63, 3.8) is 0 Å². The molecule has 1 heterocycles. The standard InChI is InChI=1S/C16H12N2O5/c17-12(19)7-11(16(22)23)18-14(20)9-5-1-3-8-4-2-6-10(13(8)9)15(18)21/h1-6,11H,7H2,(H2,17,19)(H,22,23)/t11-/m0/s1. The van der Waals surface area contributed by atoms with Crippen LogP contribution in [0.1, 0.15) is 27.1 Å². The molecule has 7 nitrogen and oxygen atoms in total. The van der Waals surface area contributed by atoms with Gasteiger partial charge in [0.15, 0.2) is 0 Å². The Morgan fingerprint density at radius 2 is 1.57 bits per heavy atom. The Kier molecular flexibility index (Phi) is 3.33. The van der Waals surface area contributed by atoms with Gasteiger partial charge in [-0.15, -0.1) is 0 Å². The Balaban J connectivity index is 2.20. The lowest BCUT2D eigenvalue weighted by Gasteiger charge is -2.31. The molecule has 0 saturated heterocycles. The number of hydrogen-bond donors (Lipinski definition) is 2. The predicted octanol–water partition coefficient (Wildman–Crippen LogP) is 0.764. The minimum absolute atomic E-state index is 0.230. The topological polar surface area (TPSA) is 118 Å². The van der Waals surface area contributed by atoms with Gasteiger partial charge >= 0.3 is 5.97 Å². The molecule has 23 heavy (non-hydrogen) atoms. The van der Waals surface area contributed by atoms with Crippen LogP contribution in [0, 0.1) is 0 Å². The van der Waals surface area contributed by atoms with E-state index in [-0.39, 0.29) is 11.1 Å². The molecule has 0 fully saturated rings. The Morgan fingerprint density at radius 1 is 1.04 bits per heavy atom. The van der Waals surface area contributed by atoms with Crippen molar-refractivity contribution in [2.75, 3.05) is 0 Å². The largest absolute Gasteiger partial charge is 0.480 e. The Morgan fingerprint density at radius 3 is 2.00 bits per heavy atom. The van der Waals surface area contributed by atoms with E-state index in [1.165, 1.54) is 12.1 Å². The molecule has 0 unspecified atom stereocenters. The first-order chi connectivity index (χ1) is 10.9. The van der Waals surface area contributed by atoms with Crippen molar-refractivity contribution in [2.24, 2.45) is 5.73 Å². The maximum atomic E-state index is 12.6. The van der Waals surface area contributed by atoms with E-state index in [1.807, 2.05) is 0 Å². The van der Waals surface area contributed by atoms with Crippen molar-refractivity contribution in [1.29, 1.82) is 0 Å². The summed E-state index contributed by atoms with van der Waals surface area (Å²) in [6.07, 6.45) is -0.634. The second-order valence-electron chi connectivity index (χ2n) is 5.21. The van der Waals surface area contributed by atoms with Crippen LogP contribution in [0.4, 0.5) is 0 Å². The van der Waals surface area contributed by atoms with Crippen LogP contribution in [0.2, 0.25) is 0 Å². The van der Waals surface area contributed by atoms with Gasteiger partial charge in [-0.25, -0.2) is 4.79 Å². The number of nitrogens with zero attached hydrogens (tertiary/aromatic N) is 1. The third-order valence-corrected chi connectivity index (χ3v) is 3.79. The van der Waals surface area contributed by atoms with Gasteiger partial charge in [-0.05, 0) is 17.5 Å². The number of carboxylic acid groups (broad SMARTS) is 1. The van der Waals surface area contributed by atoms with E-state index in [0.29, 0.717) is 15.7 Å². The summed E-state index contributed by atoms with van der Waals surface area (Å²) in [5.74, 6) is -3.85. The van der Waals surface area contributed by atoms with Gasteiger partial charge in [0.2, 0.25) is 5.91 Å². The highest BCUT2D eigenvalue weighted by molar-refractivity contribution is 6.26. The van der Waals surface area contributed by atoms with Crippen LogP contribution in [0.3, 0.4) is 0 Å². The molecule has 3 rings (SSSR count). The monoisotopic (exact) mass is 312 g/mol. The number of rotatable bonds is 4. The van der Waals surface area contributed by atoms with Crippen molar-refractivity contribution < 1.29 is 24.3 Å². The number of carboxylic acids is 1. The maximum Gasteiger partial charge on any atom is 0.327 e. The lowest BCUT2D eigenvalue weighted by molar-refractivity contribution is -0.143. The molecule has 0 saturated carbocycles. The van der Waals surface area contributed by atoms with E-state index in [9.17, 15) is 24.3 Å². The van der Waals surface area contributed by atoms with Crippen LogP contribution in [0.5, 0.6) is 0 Å². The van der Waals surface area contributed by atoms with Gasteiger partial charge in [-0.2, -0.15) is 0 Å². The van der Waals surface area contributed by atoms with Crippen LogP contribution in [0.15, 0.2) is 36.4 Å². The van der Waals surface area contributed by atoms with E-state index < -0.39 is 36.2 Å². The van der Waals surface area contributed by atoms with E-state index >= 15 is 0 Å². The summed E-state index contributed by atoms with van der Waals surface area (Å²) < 4.78 is 0. The van der Waals surface area contributed by atoms with Crippen LogP contribution in [-0.2, 0) is 9.59 Å². The lowest BCUT2D eigenvalue weighted by Crippen LogP contribution is -2.51. The van der Waals surface area contributed by atoms with Gasteiger partial charge in [-0.1, -0.05) is 24.3 Å². The maximum absolute atomic E-state index is 12.6. The number of carbonyl (C=O) groups is 4. The predicted molar refractivity (Wildman–Crippen MR) is 79.7 cm³/mol. The summed E-state index contributed by atoms with van der Waals surface area (Å²) in [5, 5.41) is 10.5. The van der Waals surface area contributed by atoms with Crippen LogP contribution < -0.4 is 5.73 Å². The van der Waals surface area contributed by atoms with Gasteiger partial charge in [0.1, 0.15) is 6.04 Å². The van der Waals surface area contributed by atoms with E-state index in [2.05, 4.69) is 0 Å². The molecule has 1 aliphatic rings. The third kappa shape index (κ3) is 2.22. The zero-order chi connectivity index (χ0) is 16.7. The van der Waals surface area contributed by atoms with Gasteiger partial charge < -0.3 is 10.8 Å². The number of carbonyl (C=O) groups excluding carboxylic acids is 3. The molecule has 0 bridgehead atoms. The van der Waals surface area contributed by atoms with Crippen molar-refractivity contribution in [3.05, 3.63) is 47.5 Å². The second-order valence-corrected chi connectivity index (χ2v) is 5.21. The molecule has 0 aliphatic carbocycles. The molecule has 0 spiro atoms. The van der Waals surface area contributed by atoms with Gasteiger partial charge in [0.05, 0.1) is 6.42 Å². The average Bonchev–Trinajstić information content (AvgIpc) is 2.51. The second kappa shape index (κ2) is 5.20. The zero-order valence-electron chi connectivity index (χ0n) is 11.9. The normalized spacial score (nSPS) is 14.9. The highest BCUT2D eigenvalue weighted by Gasteiger charge is 2.41. The zero-order valence-corrected chi connectivity index (χ0v) is 11.9. The Hall–Kier alpha value is -3.22. The summed E-state index contributed by atoms with van der Waals surface area (Å²) in [7, 11) is 0. The SMILES string of the molecule is NC(=O)C[C@@H](C(=O)O)N1C(=O)c2cccc3cccc(c23)C1=O. The number of amides is 3. The summed E-state index contributed by atoms with van der Waals surface area (Å²) in [6, 6.07) is 8.24. The molecular formula is C16H12N2O5. The average molecular weight is 312 g/mol.